The van der Waals surface area contributed by atoms with E-state index >= 15 is 0 Å². The van der Waals surface area contributed by atoms with Crippen molar-refractivity contribution in [3.63, 3.8) is 0 Å². The van der Waals surface area contributed by atoms with E-state index in [0.717, 1.165) is 56.2 Å². The normalized spacial score (nSPS) is 31.5. The minimum absolute atomic E-state index is 0.242. The Labute approximate surface area is 199 Å². The molecule has 6 heteroatoms. The molecule has 0 aromatic carbocycles. The number of carbonyl (C=O) groups is 1. The number of hydrogen-bond acceptors (Lipinski definition) is 4. The molecule has 1 aromatic heterocycles. The van der Waals surface area contributed by atoms with Gasteiger partial charge in [0.25, 0.3) is 0 Å². The van der Waals surface area contributed by atoms with Crippen LogP contribution < -0.4 is 0 Å². The molecule has 6 unspecified atom stereocenters. The number of carboxylic acid groups (broad SMARTS) is 1. The molecule has 1 aromatic rings. The highest BCUT2D eigenvalue weighted by molar-refractivity contribution is 5.75. The summed E-state index contributed by atoms with van der Waals surface area (Å²) in [5.74, 6) is 3.06. The number of H-pyrrole nitrogens is 1. The van der Waals surface area contributed by atoms with Crippen LogP contribution in [0.2, 0.25) is 0 Å². The number of fused-ring (bicyclic) bond motifs is 1. The monoisotopic (exact) mass is 459 g/mol. The molecule has 3 fully saturated rings. The van der Waals surface area contributed by atoms with E-state index in [-0.39, 0.29) is 6.10 Å². The Hall–Kier alpha value is -1.40. The first-order chi connectivity index (χ1) is 15.8. The van der Waals surface area contributed by atoms with Gasteiger partial charge in [-0.05, 0) is 96.9 Å². The molecule has 6 nitrogen and oxygen atoms in total. The van der Waals surface area contributed by atoms with Gasteiger partial charge in [0, 0.05) is 30.4 Å². The van der Waals surface area contributed by atoms with E-state index in [1.807, 2.05) is 12.4 Å². The van der Waals surface area contributed by atoms with Gasteiger partial charge in [-0.3, -0.25) is 4.79 Å². The van der Waals surface area contributed by atoms with Gasteiger partial charge in [-0.2, -0.15) is 0 Å². The molecule has 3 aliphatic rings. The van der Waals surface area contributed by atoms with Crippen LogP contribution in [-0.4, -0.2) is 57.8 Å². The molecule has 3 saturated carbocycles. The molecule has 0 aliphatic heterocycles. The second kappa shape index (κ2) is 10.5. The number of nitrogens with one attached hydrogen (secondary N) is 1. The number of nitrogens with zero attached hydrogens (tertiary/aromatic N) is 2. The molecular weight excluding hydrogens is 414 g/mol. The van der Waals surface area contributed by atoms with Crippen molar-refractivity contribution >= 4 is 5.97 Å². The first-order valence-corrected chi connectivity index (χ1v) is 13.4. The predicted octanol–water partition coefficient (Wildman–Crippen LogP) is 5.47. The summed E-state index contributed by atoms with van der Waals surface area (Å²) in [6.07, 6.45) is 14.9. The highest BCUT2D eigenvalue weighted by Crippen LogP contribution is 2.49. The van der Waals surface area contributed by atoms with Gasteiger partial charge in [0.1, 0.15) is 5.82 Å². The van der Waals surface area contributed by atoms with Gasteiger partial charge < -0.3 is 19.7 Å². The molecule has 33 heavy (non-hydrogen) atoms. The van der Waals surface area contributed by atoms with Gasteiger partial charge in [0.2, 0.25) is 0 Å². The third-order valence-electron chi connectivity index (χ3n) is 9.53. The first kappa shape index (κ1) is 24.7. The van der Waals surface area contributed by atoms with Crippen LogP contribution in [0, 0.1) is 23.2 Å². The van der Waals surface area contributed by atoms with Gasteiger partial charge in [0.15, 0.2) is 0 Å². The first-order valence-electron chi connectivity index (χ1n) is 13.4. The van der Waals surface area contributed by atoms with E-state index in [2.05, 4.69) is 37.7 Å². The maximum absolute atomic E-state index is 11.9. The number of ether oxygens (including phenoxy) is 1. The summed E-state index contributed by atoms with van der Waals surface area (Å²) >= 11 is 0. The number of aliphatic carboxylic acids is 1. The zero-order chi connectivity index (χ0) is 23.6. The number of aromatic amines is 1. The molecule has 4 rings (SSSR count). The Morgan fingerprint density at radius 2 is 1.88 bits per heavy atom. The molecule has 1 heterocycles. The van der Waals surface area contributed by atoms with Crippen LogP contribution in [0.5, 0.6) is 0 Å². The quantitative estimate of drug-likeness (QED) is 0.512. The van der Waals surface area contributed by atoms with Crippen molar-refractivity contribution in [3.8, 4) is 0 Å². The van der Waals surface area contributed by atoms with Crippen molar-refractivity contribution in [2.45, 2.75) is 109 Å². The van der Waals surface area contributed by atoms with Crippen LogP contribution in [0.1, 0.15) is 96.7 Å². The number of rotatable bonds is 9. The standard InChI is InChI=1S/C27H45N3O3/c1-18(2)30(4)19(3)24(25-28-13-14-29-25)22-8-7-21-16-23(10-9-20(21)15-22)33-17-27(26(31)32)11-5-6-12-27/h13-14,18-24H,5-12,15-17H2,1-4H3,(H,28,29)(H,31,32). The molecular formula is C27H45N3O3. The van der Waals surface area contributed by atoms with Gasteiger partial charge in [-0.25, -0.2) is 4.98 Å². The van der Waals surface area contributed by atoms with E-state index in [4.69, 9.17) is 9.72 Å². The number of aromatic nitrogens is 2. The summed E-state index contributed by atoms with van der Waals surface area (Å²) in [4.78, 5) is 22.5. The van der Waals surface area contributed by atoms with Crippen molar-refractivity contribution in [2.24, 2.45) is 23.2 Å². The Balaban J connectivity index is 1.36. The molecule has 0 spiro atoms. The minimum atomic E-state index is -0.654. The number of likely N-dealkylation sites (N-methyl/N-ethyl adjacent to an activating group) is 1. The molecule has 186 valence electrons. The van der Waals surface area contributed by atoms with Gasteiger partial charge >= 0.3 is 5.97 Å². The fourth-order valence-electron chi connectivity index (χ4n) is 7.14. The van der Waals surface area contributed by atoms with E-state index in [1.165, 1.54) is 25.7 Å². The highest BCUT2D eigenvalue weighted by atomic mass is 16.5. The molecule has 3 aliphatic carbocycles. The Kier molecular flexibility index (Phi) is 7.84. The van der Waals surface area contributed by atoms with Crippen LogP contribution in [0.15, 0.2) is 12.4 Å². The summed E-state index contributed by atoms with van der Waals surface area (Å²) in [6, 6.07) is 0.950. The lowest BCUT2D eigenvalue weighted by molar-refractivity contribution is -0.155. The summed E-state index contributed by atoms with van der Waals surface area (Å²) in [5, 5.41) is 9.77. The van der Waals surface area contributed by atoms with Crippen LogP contribution >= 0.6 is 0 Å². The number of hydrogen-bond donors (Lipinski definition) is 2. The second-order valence-electron chi connectivity index (χ2n) is 11.6. The Morgan fingerprint density at radius 3 is 2.52 bits per heavy atom. The van der Waals surface area contributed by atoms with Crippen LogP contribution in [-0.2, 0) is 9.53 Å². The fraction of sp³-hybridized carbons (Fsp3) is 0.852. The van der Waals surface area contributed by atoms with Crippen LogP contribution in [0.4, 0.5) is 0 Å². The lowest BCUT2D eigenvalue weighted by Crippen LogP contribution is -2.44. The van der Waals surface area contributed by atoms with Gasteiger partial charge in [-0.15, -0.1) is 0 Å². The van der Waals surface area contributed by atoms with Crippen molar-refractivity contribution in [1.82, 2.24) is 14.9 Å². The average Bonchev–Trinajstić information content (AvgIpc) is 3.50. The third-order valence-corrected chi connectivity index (χ3v) is 9.53. The fourth-order valence-corrected chi connectivity index (χ4v) is 7.14. The van der Waals surface area contributed by atoms with Crippen molar-refractivity contribution in [2.75, 3.05) is 13.7 Å². The van der Waals surface area contributed by atoms with Crippen LogP contribution in [0.25, 0.3) is 0 Å². The summed E-state index contributed by atoms with van der Waals surface area (Å²) < 4.78 is 6.31. The third kappa shape index (κ3) is 5.32. The lowest BCUT2D eigenvalue weighted by atomic mass is 9.63. The van der Waals surface area contributed by atoms with Crippen LogP contribution in [0.3, 0.4) is 0 Å². The Bertz CT molecular complexity index is 759. The SMILES string of the molecule is CC(C)N(C)C(C)C(c1ncc[nH]1)C1CCC2CC(OCC3(C(=O)O)CCCC3)CCC2C1. The topological polar surface area (TPSA) is 78.5 Å². The molecule has 0 radical (unpaired) electrons. The Morgan fingerprint density at radius 1 is 1.18 bits per heavy atom. The van der Waals surface area contributed by atoms with E-state index in [9.17, 15) is 9.90 Å². The molecule has 0 amide bonds. The molecule has 0 saturated heterocycles. The van der Waals surface area contributed by atoms with Crippen molar-refractivity contribution in [3.05, 3.63) is 18.2 Å². The maximum atomic E-state index is 11.9. The van der Waals surface area contributed by atoms with E-state index in [0.29, 0.717) is 30.5 Å². The number of imidazole rings is 1. The summed E-state index contributed by atoms with van der Waals surface area (Å²) in [7, 11) is 2.24. The predicted molar refractivity (Wildman–Crippen MR) is 130 cm³/mol. The maximum Gasteiger partial charge on any atom is 0.311 e. The van der Waals surface area contributed by atoms with Gasteiger partial charge in [0.05, 0.1) is 18.1 Å². The second-order valence-corrected chi connectivity index (χ2v) is 11.6. The van der Waals surface area contributed by atoms with Crippen molar-refractivity contribution < 1.29 is 14.6 Å². The lowest BCUT2D eigenvalue weighted by Gasteiger charge is -2.46. The molecule has 2 N–H and O–H groups in total. The average molecular weight is 460 g/mol. The van der Waals surface area contributed by atoms with E-state index < -0.39 is 11.4 Å². The van der Waals surface area contributed by atoms with Gasteiger partial charge in [-0.1, -0.05) is 12.8 Å². The molecule has 6 atom stereocenters. The minimum Gasteiger partial charge on any atom is -0.481 e. The zero-order valence-corrected chi connectivity index (χ0v) is 21.1. The van der Waals surface area contributed by atoms with E-state index in [1.54, 1.807) is 0 Å². The smallest absolute Gasteiger partial charge is 0.311 e. The largest absolute Gasteiger partial charge is 0.481 e. The summed E-state index contributed by atoms with van der Waals surface area (Å²) in [5.41, 5.74) is -0.622. The zero-order valence-electron chi connectivity index (χ0n) is 21.1. The van der Waals surface area contributed by atoms with Crippen molar-refractivity contribution in [1.29, 1.82) is 0 Å². The summed E-state index contributed by atoms with van der Waals surface area (Å²) in [6.45, 7) is 7.32. The highest BCUT2D eigenvalue weighted by Gasteiger charge is 2.44. The molecule has 0 bridgehead atoms. The number of carboxylic acids is 1.